The number of hydrogen-bond acceptors (Lipinski definition) is 4. The summed E-state index contributed by atoms with van der Waals surface area (Å²) in [5.74, 6) is 0.0641. The molecule has 24 heavy (non-hydrogen) atoms. The molecular formula is C18H24N4O2. The van der Waals surface area contributed by atoms with E-state index in [1.165, 1.54) is 0 Å². The number of amides is 1. The summed E-state index contributed by atoms with van der Waals surface area (Å²) in [7, 11) is 0. The van der Waals surface area contributed by atoms with E-state index in [9.17, 15) is 4.79 Å². The number of anilines is 1. The summed E-state index contributed by atoms with van der Waals surface area (Å²) in [4.78, 5) is 14.5. The van der Waals surface area contributed by atoms with E-state index in [2.05, 4.69) is 15.5 Å². The molecule has 2 heterocycles. The minimum atomic E-state index is 0.0641. The standard InChI is InChI=1S/C18H24N4O2/c1-12-10-22(11-13(2)24-12)18(23)15-4-6-17(7-5-15)19-8-16-9-20-21-14(16)3/h4-7,9,12-13,19H,8,10-11H2,1-3H3,(H,20,21). The van der Waals surface area contributed by atoms with E-state index in [0.29, 0.717) is 25.2 Å². The number of aromatic amines is 1. The van der Waals surface area contributed by atoms with Crippen LogP contribution in [0.25, 0.3) is 0 Å². The minimum absolute atomic E-state index is 0.0641. The molecule has 1 fully saturated rings. The number of carbonyl (C=O) groups is 1. The molecule has 6 nitrogen and oxygen atoms in total. The smallest absolute Gasteiger partial charge is 0.254 e. The van der Waals surface area contributed by atoms with Gasteiger partial charge in [0.25, 0.3) is 5.91 Å². The Morgan fingerprint density at radius 3 is 2.54 bits per heavy atom. The minimum Gasteiger partial charge on any atom is -0.381 e. The van der Waals surface area contributed by atoms with Crippen molar-refractivity contribution in [2.24, 2.45) is 0 Å². The number of ether oxygens (including phenoxy) is 1. The number of morpholine rings is 1. The second-order valence-electron chi connectivity index (χ2n) is 6.42. The van der Waals surface area contributed by atoms with Gasteiger partial charge in [0.1, 0.15) is 0 Å². The summed E-state index contributed by atoms with van der Waals surface area (Å²) in [5, 5.41) is 10.3. The molecule has 3 rings (SSSR count). The molecule has 1 aliphatic rings. The van der Waals surface area contributed by atoms with E-state index in [4.69, 9.17) is 4.74 Å². The van der Waals surface area contributed by atoms with Crippen molar-refractivity contribution in [3.8, 4) is 0 Å². The monoisotopic (exact) mass is 328 g/mol. The first-order valence-corrected chi connectivity index (χ1v) is 8.30. The highest BCUT2D eigenvalue weighted by atomic mass is 16.5. The normalized spacial score (nSPS) is 20.9. The first kappa shape index (κ1) is 16.5. The second kappa shape index (κ2) is 7.05. The number of carbonyl (C=O) groups excluding carboxylic acids is 1. The summed E-state index contributed by atoms with van der Waals surface area (Å²) in [5.41, 5.74) is 3.88. The molecule has 0 radical (unpaired) electrons. The molecule has 2 N–H and O–H groups in total. The zero-order valence-corrected chi connectivity index (χ0v) is 14.4. The lowest BCUT2D eigenvalue weighted by atomic mass is 10.1. The van der Waals surface area contributed by atoms with Gasteiger partial charge in [-0.15, -0.1) is 0 Å². The van der Waals surface area contributed by atoms with Crippen LogP contribution in [-0.2, 0) is 11.3 Å². The van der Waals surface area contributed by atoms with Gasteiger partial charge >= 0.3 is 0 Å². The third-order valence-corrected chi connectivity index (χ3v) is 4.26. The van der Waals surface area contributed by atoms with Gasteiger partial charge in [0.15, 0.2) is 0 Å². The molecule has 0 aliphatic carbocycles. The summed E-state index contributed by atoms with van der Waals surface area (Å²) >= 11 is 0. The van der Waals surface area contributed by atoms with Gasteiger partial charge in [-0.05, 0) is 45.0 Å². The lowest BCUT2D eigenvalue weighted by Gasteiger charge is -2.35. The maximum atomic E-state index is 12.6. The highest BCUT2D eigenvalue weighted by Crippen LogP contribution is 2.17. The molecule has 2 atom stereocenters. The van der Waals surface area contributed by atoms with E-state index < -0.39 is 0 Å². The average molecular weight is 328 g/mol. The summed E-state index contributed by atoms with van der Waals surface area (Å²) in [6, 6.07) is 7.63. The lowest BCUT2D eigenvalue weighted by molar-refractivity contribution is -0.0586. The fraction of sp³-hybridized carbons (Fsp3) is 0.444. The van der Waals surface area contributed by atoms with Crippen LogP contribution < -0.4 is 5.32 Å². The van der Waals surface area contributed by atoms with E-state index in [0.717, 1.165) is 16.9 Å². The van der Waals surface area contributed by atoms with E-state index in [-0.39, 0.29) is 18.1 Å². The van der Waals surface area contributed by atoms with E-state index in [1.54, 1.807) is 0 Å². The van der Waals surface area contributed by atoms with Gasteiger partial charge in [0.05, 0.1) is 18.4 Å². The van der Waals surface area contributed by atoms with Crippen LogP contribution in [0.3, 0.4) is 0 Å². The van der Waals surface area contributed by atoms with Crippen molar-refractivity contribution in [2.45, 2.75) is 39.5 Å². The van der Waals surface area contributed by atoms with Gasteiger partial charge in [-0.3, -0.25) is 9.89 Å². The molecule has 128 valence electrons. The molecule has 0 saturated carbocycles. The number of aryl methyl sites for hydroxylation is 1. The molecule has 1 aliphatic heterocycles. The Labute approximate surface area is 142 Å². The maximum absolute atomic E-state index is 12.6. The van der Waals surface area contributed by atoms with Crippen molar-refractivity contribution >= 4 is 11.6 Å². The summed E-state index contributed by atoms with van der Waals surface area (Å²) < 4.78 is 5.69. The number of nitrogens with one attached hydrogen (secondary N) is 2. The van der Waals surface area contributed by atoms with Gasteiger partial charge in [-0.2, -0.15) is 5.10 Å². The third-order valence-electron chi connectivity index (χ3n) is 4.26. The first-order valence-electron chi connectivity index (χ1n) is 8.30. The van der Waals surface area contributed by atoms with Crippen molar-refractivity contribution in [3.63, 3.8) is 0 Å². The van der Waals surface area contributed by atoms with Crippen molar-refractivity contribution in [3.05, 3.63) is 47.3 Å². The van der Waals surface area contributed by atoms with Crippen molar-refractivity contribution in [2.75, 3.05) is 18.4 Å². The first-order chi connectivity index (χ1) is 11.5. The van der Waals surface area contributed by atoms with E-state index in [1.807, 2.05) is 56.1 Å². The van der Waals surface area contributed by atoms with Crippen LogP contribution in [0.4, 0.5) is 5.69 Å². The zero-order valence-electron chi connectivity index (χ0n) is 14.4. The molecule has 6 heteroatoms. The van der Waals surface area contributed by atoms with Crippen molar-refractivity contribution in [1.82, 2.24) is 15.1 Å². The Bertz CT molecular complexity index is 685. The van der Waals surface area contributed by atoms with Crippen LogP contribution in [-0.4, -0.2) is 46.3 Å². The fourth-order valence-corrected chi connectivity index (χ4v) is 3.01. The van der Waals surface area contributed by atoms with Gasteiger partial charge in [-0.1, -0.05) is 0 Å². The van der Waals surface area contributed by atoms with Gasteiger partial charge in [0.2, 0.25) is 0 Å². The predicted molar refractivity (Wildman–Crippen MR) is 93.0 cm³/mol. The van der Waals surface area contributed by atoms with Gasteiger partial charge < -0.3 is 15.0 Å². The van der Waals surface area contributed by atoms with Crippen LogP contribution in [0, 0.1) is 6.92 Å². The quantitative estimate of drug-likeness (QED) is 0.905. The third kappa shape index (κ3) is 3.76. The largest absolute Gasteiger partial charge is 0.381 e. The summed E-state index contributed by atoms with van der Waals surface area (Å²) in [6.45, 7) is 7.98. The number of rotatable bonds is 4. The van der Waals surface area contributed by atoms with Crippen LogP contribution in [0.5, 0.6) is 0 Å². The molecule has 1 aromatic heterocycles. The molecule has 0 spiro atoms. The maximum Gasteiger partial charge on any atom is 0.254 e. The lowest BCUT2D eigenvalue weighted by Crippen LogP contribution is -2.48. The highest BCUT2D eigenvalue weighted by Gasteiger charge is 2.26. The number of hydrogen-bond donors (Lipinski definition) is 2. The Morgan fingerprint density at radius 1 is 1.29 bits per heavy atom. The van der Waals surface area contributed by atoms with E-state index >= 15 is 0 Å². The van der Waals surface area contributed by atoms with Crippen molar-refractivity contribution < 1.29 is 9.53 Å². The van der Waals surface area contributed by atoms with Gasteiger partial charge in [-0.25, -0.2) is 0 Å². The number of nitrogens with zero attached hydrogens (tertiary/aromatic N) is 2. The van der Waals surface area contributed by atoms with Crippen LogP contribution in [0.15, 0.2) is 30.5 Å². The number of H-pyrrole nitrogens is 1. The molecule has 1 saturated heterocycles. The Balaban J connectivity index is 1.61. The topological polar surface area (TPSA) is 70.2 Å². The molecule has 2 aromatic rings. The van der Waals surface area contributed by atoms with Gasteiger partial charge in [0, 0.05) is 42.1 Å². The number of benzene rings is 1. The molecule has 1 amide bonds. The zero-order chi connectivity index (χ0) is 17.1. The molecular weight excluding hydrogens is 304 g/mol. The summed E-state index contributed by atoms with van der Waals surface area (Å²) in [6.07, 6.45) is 1.98. The SMILES string of the molecule is Cc1[nH]ncc1CNc1ccc(C(=O)N2CC(C)OC(C)C2)cc1. The molecule has 1 aromatic carbocycles. The fourth-order valence-electron chi connectivity index (χ4n) is 3.01. The second-order valence-corrected chi connectivity index (χ2v) is 6.42. The Hall–Kier alpha value is -2.34. The molecule has 2 unspecified atom stereocenters. The average Bonchev–Trinajstić information content (AvgIpc) is 2.97. The van der Waals surface area contributed by atoms with Crippen LogP contribution in [0.2, 0.25) is 0 Å². The molecule has 0 bridgehead atoms. The van der Waals surface area contributed by atoms with Crippen LogP contribution in [0.1, 0.15) is 35.5 Å². The van der Waals surface area contributed by atoms with Crippen LogP contribution >= 0.6 is 0 Å². The number of aromatic nitrogens is 2. The predicted octanol–water partition coefficient (Wildman–Crippen LogP) is 2.58. The Morgan fingerprint density at radius 2 is 1.96 bits per heavy atom. The highest BCUT2D eigenvalue weighted by molar-refractivity contribution is 5.94. The van der Waals surface area contributed by atoms with Crippen molar-refractivity contribution in [1.29, 1.82) is 0 Å². The Kier molecular flexibility index (Phi) is 4.85.